The largest absolute Gasteiger partial charge is 0.316 e. The van der Waals surface area contributed by atoms with Gasteiger partial charge in [-0.2, -0.15) is 0 Å². The summed E-state index contributed by atoms with van der Waals surface area (Å²) in [6, 6.07) is 7.53. The maximum Gasteiger partial charge on any atom is 0.210 e. The van der Waals surface area contributed by atoms with Crippen LogP contribution in [0.3, 0.4) is 0 Å². The normalized spacial score (nSPS) is 20.6. The van der Waals surface area contributed by atoms with Gasteiger partial charge in [0.25, 0.3) is 0 Å². The molecule has 0 radical (unpaired) electrons. The van der Waals surface area contributed by atoms with Gasteiger partial charge in [0.2, 0.25) is 14.2 Å². The van der Waals surface area contributed by atoms with Gasteiger partial charge in [-0.05, 0) is 37.6 Å². The van der Waals surface area contributed by atoms with Gasteiger partial charge in [-0.25, -0.2) is 13.4 Å². The summed E-state index contributed by atoms with van der Waals surface area (Å²) in [6.07, 6.45) is 0.935. The van der Waals surface area contributed by atoms with Crippen molar-refractivity contribution in [1.82, 2.24) is 10.3 Å². The van der Waals surface area contributed by atoms with E-state index in [1.807, 2.05) is 24.3 Å². The number of hydrogen-bond donors (Lipinski definition) is 1. The van der Waals surface area contributed by atoms with Crippen LogP contribution in [0, 0.1) is 5.92 Å². The molecule has 0 bridgehead atoms. The lowest BCUT2D eigenvalue weighted by Crippen LogP contribution is -2.18. The number of sulfone groups is 1. The molecule has 1 fully saturated rings. The van der Waals surface area contributed by atoms with Crippen LogP contribution in [-0.4, -0.2) is 32.2 Å². The molecular formula is C12H14N2O2S2. The van der Waals surface area contributed by atoms with Gasteiger partial charge >= 0.3 is 0 Å². The Labute approximate surface area is 110 Å². The fourth-order valence-corrected chi connectivity index (χ4v) is 5.19. The van der Waals surface area contributed by atoms with Crippen LogP contribution in [-0.2, 0) is 9.84 Å². The Morgan fingerprint density at radius 3 is 2.94 bits per heavy atom. The number of nitrogens with one attached hydrogen (secondary N) is 1. The van der Waals surface area contributed by atoms with Crippen LogP contribution in [0.1, 0.15) is 6.42 Å². The zero-order valence-electron chi connectivity index (χ0n) is 9.80. The minimum atomic E-state index is -3.24. The van der Waals surface area contributed by atoms with Crippen molar-refractivity contribution in [1.29, 1.82) is 0 Å². The fourth-order valence-electron chi connectivity index (χ4n) is 2.22. The van der Waals surface area contributed by atoms with Crippen LogP contribution in [0.5, 0.6) is 0 Å². The summed E-state index contributed by atoms with van der Waals surface area (Å²) in [4.78, 5) is 4.24. The van der Waals surface area contributed by atoms with Crippen LogP contribution in [0.25, 0.3) is 10.2 Å². The van der Waals surface area contributed by atoms with Crippen LogP contribution in [0.2, 0.25) is 0 Å². The molecule has 0 spiro atoms. The quantitative estimate of drug-likeness (QED) is 0.930. The molecule has 2 aromatic rings. The van der Waals surface area contributed by atoms with Crippen molar-refractivity contribution in [2.24, 2.45) is 5.92 Å². The number of hydrogen-bond acceptors (Lipinski definition) is 5. The average molecular weight is 282 g/mol. The van der Waals surface area contributed by atoms with Gasteiger partial charge in [-0.1, -0.05) is 12.1 Å². The molecule has 0 unspecified atom stereocenters. The zero-order chi connectivity index (χ0) is 12.6. The van der Waals surface area contributed by atoms with E-state index in [0.717, 1.165) is 29.7 Å². The predicted octanol–water partition coefficient (Wildman–Crippen LogP) is 1.68. The number of nitrogens with zero attached hydrogens (tertiary/aromatic N) is 1. The molecule has 96 valence electrons. The van der Waals surface area contributed by atoms with Gasteiger partial charge in [0.1, 0.15) is 0 Å². The van der Waals surface area contributed by atoms with Crippen molar-refractivity contribution in [3.8, 4) is 0 Å². The summed E-state index contributed by atoms with van der Waals surface area (Å²) in [5.41, 5.74) is 0.769. The summed E-state index contributed by atoms with van der Waals surface area (Å²) >= 11 is 1.27. The third kappa shape index (κ3) is 2.28. The van der Waals surface area contributed by atoms with E-state index in [0.29, 0.717) is 0 Å². The number of benzene rings is 1. The first-order valence-electron chi connectivity index (χ1n) is 5.94. The number of fused-ring (bicyclic) bond motifs is 1. The maximum absolute atomic E-state index is 12.3. The minimum Gasteiger partial charge on any atom is -0.316 e. The first-order valence-corrected chi connectivity index (χ1v) is 8.41. The minimum absolute atomic E-state index is 0.208. The monoisotopic (exact) mass is 282 g/mol. The Bertz CT molecular complexity index is 625. The Balaban J connectivity index is 1.92. The molecular weight excluding hydrogens is 268 g/mol. The van der Waals surface area contributed by atoms with Gasteiger partial charge in [-0.15, -0.1) is 11.3 Å². The first kappa shape index (κ1) is 12.1. The van der Waals surface area contributed by atoms with Gasteiger partial charge < -0.3 is 5.32 Å². The molecule has 2 heterocycles. The predicted molar refractivity (Wildman–Crippen MR) is 72.6 cm³/mol. The molecule has 6 heteroatoms. The van der Waals surface area contributed by atoms with Crippen molar-refractivity contribution in [3.63, 3.8) is 0 Å². The van der Waals surface area contributed by atoms with Crippen molar-refractivity contribution >= 4 is 31.4 Å². The third-order valence-corrected chi connectivity index (χ3v) is 6.53. The molecule has 4 nitrogen and oxygen atoms in total. The molecule has 0 aliphatic carbocycles. The summed E-state index contributed by atoms with van der Waals surface area (Å²) in [6.45, 7) is 1.71. The second kappa shape index (κ2) is 4.60. The van der Waals surface area contributed by atoms with Crippen molar-refractivity contribution in [3.05, 3.63) is 24.3 Å². The lowest BCUT2D eigenvalue weighted by Gasteiger charge is -2.06. The third-order valence-electron chi connectivity index (χ3n) is 3.16. The molecule has 1 aliphatic heterocycles. The topological polar surface area (TPSA) is 59.1 Å². The van der Waals surface area contributed by atoms with Crippen molar-refractivity contribution < 1.29 is 8.42 Å². The van der Waals surface area contributed by atoms with E-state index in [9.17, 15) is 8.42 Å². The van der Waals surface area contributed by atoms with E-state index in [-0.39, 0.29) is 16.0 Å². The van der Waals surface area contributed by atoms with Gasteiger partial charge in [0.05, 0.1) is 16.0 Å². The Hall–Kier alpha value is -0.980. The summed E-state index contributed by atoms with van der Waals surface area (Å²) < 4.78 is 25.7. The number of para-hydroxylation sites is 1. The van der Waals surface area contributed by atoms with Crippen LogP contribution in [0.4, 0.5) is 0 Å². The average Bonchev–Trinajstić information content (AvgIpc) is 2.96. The Kier molecular flexibility index (Phi) is 3.09. The van der Waals surface area contributed by atoms with Gasteiger partial charge in [0, 0.05) is 0 Å². The second-order valence-electron chi connectivity index (χ2n) is 4.59. The lowest BCUT2D eigenvalue weighted by atomic mass is 10.2. The number of aromatic nitrogens is 1. The van der Waals surface area contributed by atoms with E-state index >= 15 is 0 Å². The second-order valence-corrected chi connectivity index (χ2v) is 7.83. The van der Waals surface area contributed by atoms with Crippen LogP contribution in [0.15, 0.2) is 28.6 Å². The summed E-state index contributed by atoms with van der Waals surface area (Å²) in [5, 5.41) is 3.19. The molecule has 1 N–H and O–H groups in total. The van der Waals surface area contributed by atoms with Crippen LogP contribution < -0.4 is 5.32 Å². The summed E-state index contributed by atoms with van der Waals surface area (Å²) in [5.74, 6) is 0.432. The highest BCUT2D eigenvalue weighted by Gasteiger charge is 2.26. The smallest absolute Gasteiger partial charge is 0.210 e. The molecule has 1 aromatic heterocycles. The lowest BCUT2D eigenvalue weighted by molar-refractivity contribution is 0.570. The molecule has 0 saturated carbocycles. The summed E-state index contributed by atoms with van der Waals surface area (Å²) in [7, 11) is -3.24. The SMILES string of the molecule is O=S(=O)(C[C@H]1CCNC1)c1nc2ccccc2s1. The standard InChI is InChI=1S/C12H14N2O2S2/c15-18(16,8-9-5-6-13-7-9)12-14-10-3-1-2-4-11(10)17-12/h1-4,9,13H,5-8H2/t9-/m0/s1. The van der Waals surface area contributed by atoms with E-state index in [1.165, 1.54) is 11.3 Å². The van der Waals surface area contributed by atoms with Gasteiger partial charge in [0.15, 0.2) is 0 Å². The maximum atomic E-state index is 12.3. The zero-order valence-corrected chi connectivity index (χ0v) is 11.4. The molecule has 1 atom stereocenters. The van der Waals surface area contributed by atoms with E-state index in [2.05, 4.69) is 10.3 Å². The fraction of sp³-hybridized carbons (Fsp3) is 0.417. The first-order chi connectivity index (χ1) is 8.65. The highest BCUT2D eigenvalue weighted by atomic mass is 32.2. The molecule has 1 aliphatic rings. The van der Waals surface area contributed by atoms with Gasteiger partial charge in [-0.3, -0.25) is 0 Å². The Morgan fingerprint density at radius 1 is 1.39 bits per heavy atom. The number of thiazole rings is 1. The molecule has 0 amide bonds. The molecule has 3 rings (SSSR count). The molecule has 1 saturated heterocycles. The van der Waals surface area contributed by atoms with Crippen molar-refractivity contribution in [2.75, 3.05) is 18.8 Å². The molecule has 18 heavy (non-hydrogen) atoms. The van der Waals surface area contributed by atoms with E-state index in [4.69, 9.17) is 0 Å². The Morgan fingerprint density at radius 2 is 2.22 bits per heavy atom. The highest BCUT2D eigenvalue weighted by Crippen LogP contribution is 2.27. The highest BCUT2D eigenvalue weighted by molar-refractivity contribution is 7.93. The van der Waals surface area contributed by atoms with Crippen LogP contribution >= 0.6 is 11.3 Å². The molecule has 1 aromatic carbocycles. The van der Waals surface area contributed by atoms with Crippen molar-refractivity contribution in [2.45, 2.75) is 10.8 Å². The van der Waals surface area contributed by atoms with E-state index < -0.39 is 9.84 Å². The van der Waals surface area contributed by atoms with E-state index in [1.54, 1.807) is 0 Å². The number of rotatable bonds is 3.